The highest BCUT2D eigenvalue weighted by Crippen LogP contribution is 2.48. The van der Waals surface area contributed by atoms with Crippen LogP contribution in [0.25, 0.3) is 0 Å². The third-order valence-electron chi connectivity index (χ3n) is 3.02. The summed E-state index contributed by atoms with van der Waals surface area (Å²) in [4.78, 5) is 21.9. The second-order valence-electron chi connectivity index (χ2n) is 5.03. The fraction of sp³-hybridized carbons (Fsp3) is 0.667. The number of halogens is 14. The number of carbonyl (C=O) groups excluding carboxylic acids is 2. The topological polar surface area (TPSA) is 43.4 Å². The summed E-state index contributed by atoms with van der Waals surface area (Å²) in [5.74, 6) is -29.6. The van der Waals surface area contributed by atoms with Gasteiger partial charge in [0.05, 0.1) is 6.26 Å². The van der Waals surface area contributed by atoms with E-state index < -0.39 is 60.1 Å². The lowest BCUT2D eigenvalue weighted by Crippen LogP contribution is -2.62. The zero-order valence-electron chi connectivity index (χ0n) is 13.0. The molecule has 0 aromatic heterocycles. The Hall–Kier alpha value is -2.10. The molecule has 0 bridgehead atoms. The van der Waals surface area contributed by atoms with Crippen molar-refractivity contribution in [3.05, 3.63) is 12.8 Å². The van der Waals surface area contributed by atoms with Crippen molar-refractivity contribution in [1.29, 1.82) is 0 Å². The summed E-state index contributed by atoms with van der Waals surface area (Å²) >= 11 is 0. The van der Waals surface area contributed by atoms with Crippen molar-refractivity contribution < 1.29 is 75.8 Å². The van der Waals surface area contributed by atoms with Crippen molar-refractivity contribution in [3.63, 3.8) is 0 Å². The maximum atomic E-state index is 13.5. The van der Waals surface area contributed by atoms with Gasteiger partial charge in [-0.15, -0.1) is 0 Å². The molecule has 3 unspecified atom stereocenters. The van der Waals surface area contributed by atoms with Crippen LogP contribution in [0.4, 0.5) is 61.5 Å². The van der Waals surface area contributed by atoms with E-state index in [4.69, 9.17) is 0 Å². The first-order chi connectivity index (χ1) is 12.6. The lowest BCUT2D eigenvalue weighted by molar-refractivity contribution is -0.345. The molecule has 0 aromatic carbocycles. The minimum Gasteiger partial charge on any atom is -0.486 e. The maximum absolute atomic E-state index is 13.5. The van der Waals surface area contributed by atoms with Gasteiger partial charge in [-0.25, -0.2) is 8.78 Å². The first-order valence-corrected chi connectivity index (χ1v) is 6.48. The van der Waals surface area contributed by atoms with Crippen LogP contribution in [0.5, 0.6) is 0 Å². The van der Waals surface area contributed by atoms with Gasteiger partial charge in [-0.05, 0) is 0 Å². The highest BCUT2D eigenvalue weighted by Gasteiger charge is 2.78. The SMILES string of the molecule is C=COC(C(F)C(=O)C(F)(F)C(F)C(=O)C(F)(F)C(F)(F)C(F)(F)F)C(F)(F)F. The normalized spacial score (nSPS) is 17.3. The number of ketones is 2. The average molecular weight is 464 g/mol. The summed E-state index contributed by atoms with van der Waals surface area (Å²) in [6, 6.07) is 0. The van der Waals surface area contributed by atoms with E-state index in [1.807, 2.05) is 0 Å². The Kier molecular flexibility index (Phi) is 7.39. The van der Waals surface area contributed by atoms with Crippen LogP contribution in [0, 0.1) is 0 Å². The summed E-state index contributed by atoms with van der Waals surface area (Å²) in [5, 5.41) is 0. The van der Waals surface area contributed by atoms with E-state index in [9.17, 15) is 71.1 Å². The second kappa shape index (κ2) is 7.97. The molecule has 0 radical (unpaired) electrons. The molecule has 29 heavy (non-hydrogen) atoms. The minimum absolute atomic E-state index is 0.230. The lowest BCUT2D eigenvalue weighted by Gasteiger charge is -2.30. The molecular weight excluding hydrogens is 458 g/mol. The number of carbonyl (C=O) groups is 2. The Labute approximate surface area is 150 Å². The van der Waals surface area contributed by atoms with Crippen LogP contribution in [0.15, 0.2) is 12.8 Å². The van der Waals surface area contributed by atoms with Crippen molar-refractivity contribution >= 4 is 11.6 Å². The molecule has 0 amide bonds. The Morgan fingerprint density at radius 1 is 0.793 bits per heavy atom. The van der Waals surface area contributed by atoms with E-state index in [0.29, 0.717) is 0 Å². The molecule has 0 rings (SSSR count). The number of hydrogen-bond donors (Lipinski definition) is 0. The minimum atomic E-state index is -7.42. The zero-order chi connectivity index (χ0) is 23.8. The van der Waals surface area contributed by atoms with Gasteiger partial charge in [-0.3, -0.25) is 9.59 Å². The van der Waals surface area contributed by atoms with Gasteiger partial charge in [0, 0.05) is 0 Å². The van der Waals surface area contributed by atoms with Gasteiger partial charge in [0.2, 0.25) is 30.0 Å². The Bertz CT molecular complexity index is 635. The smallest absolute Gasteiger partial charge is 0.460 e. The molecule has 0 aromatic rings. The van der Waals surface area contributed by atoms with Crippen LogP contribution in [0.1, 0.15) is 0 Å². The van der Waals surface area contributed by atoms with Gasteiger partial charge in [-0.2, -0.15) is 52.7 Å². The van der Waals surface area contributed by atoms with Crippen molar-refractivity contribution in [2.75, 3.05) is 0 Å². The molecule has 3 atom stereocenters. The summed E-state index contributed by atoms with van der Waals surface area (Å²) in [6.45, 7) is 2.46. The average Bonchev–Trinajstić information content (AvgIpc) is 2.54. The van der Waals surface area contributed by atoms with E-state index in [0.717, 1.165) is 0 Å². The fourth-order valence-corrected chi connectivity index (χ4v) is 1.52. The fourth-order valence-electron chi connectivity index (χ4n) is 1.52. The molecule has 0 spiro atoms. The van der Waals surface area contributed by atoms with E-state index >= 15 is 0 Å². The maximum Gasteiger partial charge on any atom is 0.460 e. The number of alkyl halides is 14. The molecule has 0 saturated heterocycles. The Balaban J connectivity index is 5.98. The van der Waals surface area contributed by atoms with Crippen LogP contribution in [0.2, 0.25) is 0 Å². The van der Waals surface area contributed by atoms with E-state index in [-0.39, 0.29) is 6.26 Å². The molecule has 0 aliphatic rings. The van der Waals surface area contributed by atoms with Crippen molar-refractivity contribution in [1.82, 2.24) is 0 Å². The molecule has 17 heteroatoms. The highest BCUT2D eigenvalue weighted by molar-refractivity contribution is 6.00. The van der Waals surface area contributed by atoms with Crippen molar-refractivity contribution in [2.45, 2.75) is 48.6 Å². The lowest BCUT2D eigenvalue weighted by atomic mass is 9.94. The van der Waals surface area contributed by atoms with Gasteiger partial charge >= 0.3 is 30.1 Å². The summed E-state index contributed by atoms with van der Waals surface area (Å²) in [7, 11) is 0. The predicted octanol–water partition coefficient (Wildman–Crippen LogP) is 4.36. The summed E-state index contributed by atoms with van der Waals surface area (Å²) in [6.07, 6.45) is -27.8. The van der Waals surface area contributed by atoms with Crippen molar-refractivity contribution in [3.8, 4) is 0 Å². The van der Waals surface area contributed by atoms with Crippen LogP contribution in [-0.2, 0) is 14.3 Å². The number of rotatable bonds is 9. The van der Waals surface area contributed by atoms with Gasteiger partial charge in [0.15, 0.2) is 0 Å². The molecule has 3 nitrogen and oxygen atoms in total. The predicted molar refractivity (Wildman–Crippen MR) is 61.8 cm³/mol. The highest BCUT2D eigenvalue weighted by atomic mass is 19.4. The van der Waals surface area contributed by atoms with Gasteiger partial charge in [0.25, 0.3) is 0 Å². The molecule has 0 fully saturated rings. The van der Waals surface area contributed by atoms with Crippen LogP contribution in [0.3, 0.4) is 0 Å². The first kappa shape index (κ1) is 26.9. The van der Waals surface area contributed by atoms with E-state index in [1.54, 1.807) is 0 Å². The molecule has 0 aliphatic heterocycles. The molecule has 0 heterocycles. The van der Waals surface area contributed by atoms with Gasteiger partial charge in [0.1, 0.15) is 0 Å². The monoisotopic (exact) mass is 464 g/mol. The molecular formula is C12H6F14O3. The summed E-state index contributed by atoms with van der Waals surface area (Å²) < 4.78 is 181. The van der Waals surface area contributed by atoms with Crippen LogP contribution >= 0.6 is 0 Å². The largest absolute Gasteiger partial charge is 0.486 e. The second-order valence-corrected chi connectivity index (χ2v) is 5.03. The molecule has 170 valence electrons. The molecule has 0 N–H and O–H groups in total. The number of Topliss-reactive ketones (excluding diaryl/α,β-unsaturated/α-hetero) is 2. The van der Waals surface area contributed by atoms with Gasteiger partial charge in [-0.1, -0.05) is 6.58 Å². The number of ether oxygens (including phenoxy) is 1. The first-order valence-electron chi connectivity index (χ1n) is 6.48. The van der Waals surface area contributed by atoms with Gasteiger partial charge < -0.3 is 4.74 Å². The molecule has 0 saturated carbocycles. The zero-order valence-corrected chi connectivity index (χ0v) is 13.0. The summed E-state index contributed by atoms with van der Waals surface area (Å²) in [5.41, 5.74) is 0. The number of hydrogen-bond acceptors (Lipinski definition) is 3. The third kappa shape index (κ3) is 4.91. The Morgan fingerprint density at radius 3 is 1.52 bits per heavy atom. The van der Waals surface area contributed by atoms with Crippen LogP contribution in [-0.4, -0.2) is 60.1 Å². The third-order valence-corrected chi connectivity index (χ3v) is 3.02. The standard InChI is InChI=1S/C12H6F14O3/c1-2-29-7(10(19,20)21)3(13)5(27)8(15,16)4(14)6(28)9(17,18)11(22,23)12(24,25)26/h2-4,7H,1H2. The van der Waals surface area contributed by atoms with E-state index in [1.165, 1.54) is 0 Å². The van der Waals surface area contributed by atoms with E-state index in [2.05, 4.69) is 11.3 Å². The molecule has 0 aliphatic carbocycles. The van der Waals surface area contributed by atoms with Crippen LogP contribution < -0.4 is 0 Å². The van der Waals surface area contributed by atoms with Crippen molar-refractivity contribution in [2.24, 2.45) is 0 Å². The quantitative estimate of drug-likeness (QED) is 0.377. The Morgan fingerprint density at radius 2 is 1.21 bits per heavy atom.